The molecule has 0 saturated heterocycles. The van der Waals surface area contributed by atoms with Crippen molar-refractivity contribution in [3.8, 4) is 11.5 Å². The molecule has 0 aliphatic rings. The fourth-order valence-electron chi connectivity index (χ4n) is 2.65. The zero-order chi connectivity index (χ0) is 19.6. The number of aromatic amines is 1. The number of carbonyl (C=O) groups excluding carboxylic acids is 1. The number of rotatable bonds is 5. The average Bonchev–Trinajstić information content (AvgIpc) is 2.65. The maximum Gasteiger partial charge on any atom is 0.317 e. The lowest BCUT2D eigenvalue weighted by Crippen LogP contribution is -2.38. The predicted molar refractivity (Wildman–Crippen MR) is 97.0 cm³/mol. The van der Waals surface area contributed by atoms with Gasteiger partial charge in [-0.3, -0.25) is 19.0 Å². The Kier molecular flexibility index (Phi) is 4.93. The molecule has 1 heterocycles. The molecule has 0 saturated carbocycles. The first-order valence-electron chi connectivity index (χ1n) is 7.87. The van der Waals surface area contributed by atoms with Gasteiger partial charge in [-0.15, -0.1) is 0 Å². The summed E-state index contributed by atoms with van der Waals surface area (Å²) in [5.74, 6) is -0.247. The minimum atomic E-state index is -0.945. The van der Waals surface area contributed by atoms with Crippen molar-refractivity contribution in [1.82, 2.24) is 9.55 Å². The molecule has 0 bridgehead atoms. The Morgan fingerprint density at radius 2 is 1.93 bits per heavy atom. The highest BCUT2D eigenvalue weighted by Crippen LogP contribution is 2.28. The number of carbonyl (C=O) groups is 1. The van der Waals surface area contributed by atoms with Crippen LogP contribution in [0.3, 0.4) is 0 Å². The van der Waals surface area contributed by atoms with Crippen molar-refractivity contribution in [2.75, 3.05) is 19.5 Å². The van der Waals surface area contributed by atoms with Gasteiger partial charge in [-0.25, -0.2) is 4.39 Å². The van der Waals surface area contributed by atoms with Crippen molar-refractivity contribution < 1.29 is 18.7 Å². The number of hydrogen-bond acceptors (Lipinski definition) is 5. The molecule has 1 aromatic heterocycles. The Morgan fingerprint density at radius 3 is 2.63 bits per heavy atom. The molecule has 3 aromatic rings. The van der Waals surface area contributed by atoms with Crippen molar-refractivity contribution in [3.63, 3.8) is 0 Å². The second kappa shape index (κ2) is 7.32. The van der Waals surface area contributed by atoms with E-state index in [2.05, 4.69) is 10.3 Å². The molecule has 0 atom stereocenters. The van der Waals surface area contributed by atoms with E-state index in [9.17, 15) is 18.8 Å². The summed E-state index contributed by atoms with van der Waals surface area (Å²) in [6, 6.07) is 8.38. The molecule has 1 amide bonds. The highest BCUT2D eigenvalue weighted by molar-refractivity contribution is 5.93. The first-order chi connectivity index (χ1) is 12.9. The topological polar surface area (TPSA) is 102 Å². The third-order valence-electron chi connectivity index (χ3n) is 3.92. The van der Waals surface area contributed by atoms with Crippen molar-refractivity contribution in [1.29, 1.82) is 0 Å². The second-order valence-electron chi connectivity index (χ2n) is 5.62. The zero-order valence-electron chi connectivity index (χ0n) is 14.5. The summed E-state index contributed by atoms with van der Waals surface area (Å²) in [4.78, 5) is 38.8. The molecule has 27 heavy (non-hydrogen) atoms. The van der Waals surface area contributed by atoms with E-state index in [0.717, 1.165) is 16.7 Å². The molecule has 140 valence electrons. The van der Waals surface area contributed by atoms with Crippen molar-refractivity contribution in [2.45, 2.75) is 6.54 Å². The number of nitrogens with zero attached hydrogens (tertiary/aromatic N) is 1. The summed E-state index contributed by atoms with van der Waals surface area (Å²) in [6.45, 7) is -0.439. The van der Waals surface area contributed by atoms with Crippen molar-refractivity contribution >= 4 is 22.6 Å². The monoisotopic (exact) mass is 373 g/mol. The largest absolute Gasteiger partial charge is 0.497 e. The van der Waals surface area contributed by atoms with Gasteiger partial charge < -0.3 is 19.8 Å². The summed E-state index contributed by atoms with van der Waals surface area (Å²) >= 11 is 0. The maximum absolute atomic E-state index is 13.4. The summed E-state index contributed by atoms with van der Waals surface area (Å²) in [6.07, 6.45) is 0. The third-order valence-corrected chi connectivity index (χ3v) is 3.92. The van der Waals surface area contributed by atoms with Gasteiger partial charge in [0, 0.05) is 6.07 Å². The SMILES string of the molecule is COc1ccc(OC)c(NC(=O)Cn2c(=O)c(=O)[nH]c3cc(F)ccc32)c1. The van der Waals surface area contributed by atoms with E-state index >= 15 is 0 Å². The van der Waals surface area contributed by atoms with Crippen LogP contribution in [0, 0.1) is 5.82 Å². The standard InChI is InChI=1S/C18H16FN3O5/c1-26-11-4-6-15(27-2)13(8-11)20-16(23)9-22-14-5-3-10(19)7-12(14)21-17(24)18(22)25/h3-8H,9H2,1-2H3,(H,20,23)(H,21,24). The van der Waals surface area contributed by atoms with E-state index in [1.807, 2.05) is 0 Å². The van der Waals surface area contributed by atoms with Gasteiger partial charge in [0.2, 0.25) is 5.91 Å². The van der Waals surface area contributed by atoms with Crippen LogP contribution in [0.4, 0.5) is 10.1 Å². The van der Waals surface area contributed by atoms with Crippen LogP contribution in [-0.4, -0.2) is 29.7 Å². The molecule has 0 unspecified atom stereocenters. The van der Waals surface area contributed by atoms with Crippen LogP contribution in [0.5, 0.6) is 11.5 Å². The average molecular weight is 373 g/mol. The summed E-state index contributed by atoms with van der Waals surface area (Å²) in [7, 11) is 2.93. The lowest BCUT2D eigenvalue weighted by atomic mass is 10.2. The molecule has 0 spiro atoms. The van der Waals surface area contributed by atoms with Crippen LogP contribution in [0.25, 0.3) is 11.0 Å². The number of hydrogen-bond donors (Lipinski definition) is 2. The minimum absolute atomic E-state index is 0.117. The second-order valence-corrected chi connectivity index (χ2v) is 5.62. The van der Waals surface area contributed by atoms with E-state index in [-0.39, 0.29) is 11.0 Å². The molecule has 8 nitrogen and oxygen atoms in total. The van der Waals surface area contributed by atoms with Gasteiger partial charge >= 0.3 is 11.1 Å². The molecule has 0 fully saturated rings. The lowest BCUT2D eigenvalue weighted by molar-refractivity contribution is -0.116. The number of methoxy groups -OCH3 is 2. The Hall–Kier alpha value is -3.62. The Bertz CT molecular complexity index is 1140. The van der Waals surface area contributed by atoms with Gasteiger partial charge in [0.15, 0.2) is 0 Å². The van der Waals surface area contributed by atoms with Gasteiger partial charge in [0.1, 0.15) is 23.9 Å². The number of nitrogens with one attached hydrogen (secondary N) is 2. The zero-order valence-corrected chi connectivity index (χ0v) is 14.5. The molecule has 2 aromatic carbocycles. The van der Waals surface area contributed by atoms with E-state index in [0.29, 0.717) is 17.2 Å². The number of benzene rings is 2. The Labute approximate surface area is 152 Å². The van der Waals surface area contributed by atoms with E-state index in [1.165, 1.54) is 20.3 Å². The number of ether oxygens (including phenoxy) is 2. The van der Waals surface area contributed by atoms with Gasteiger partial charge in [-0.2, -0.15) is 0 Å². The number of H-pyrrole nitrogens is 1. The normalized spacial score (nSPS) is 10.6. The van der Waals surface area contributed by atoms with Crippen LogP contribution < -0.4 is 25.9 Å². The van der Waals surface area contributed by atoms with Crippen molar-refractivity contribution in [2.24, 2.45) is 0 Å². The molecule has 3 rings (SSSR count). The molecule has 0 aliphatic carbocycles. The fourth-order valence-corrected chi connectivity index (χ4v) is 2.65. The summed E-state index contributed by atoms with van der Waals surface area (Å²) in [5.41, 5.74) is -1.17. The molecule has 2 N–H and O–H groups in total. The van der Waals surface area contributed by atoms with Gasteiger partial charge in [-0.1, -0.05) is 0 Å². The summed E-state index contributed by atoms with van der Waals surface area (Å²) < 4.78 is 24.7. The molecule has 9 heteroatoms. The van der Waals surface area contributed by atoms with E-state index in [1.54, 1.807) is 18.2 Å². The first kappa shape index (κ1) is 18.2. The van der Waals surface area contributed by atoms with Gasteiger partial charge in [-0.05, 0) is 30.3 Å². The first-order valence-corrected chi connectivity index (χ1v) is 7.87. The number of halogens is 1. The molecule has 0 aliphatic heterocycles. The molecule has 0 radical (unpaired) electrons. The van der Waals surface area contributed by atoms with Gasteiger partial charge in [0.05, 0.1) is 30.9 Å². The third kappa shape index (κ3) is 3.66. The van der Waals surface area contributed by atoms with Gasteiger partial charge in [0.25, 0.3) is 0 Å². The van der Waals surface area contributed by atoms with E-state index in [4.69, 9.17) is 9.47 Å². The van der Waals surface area contributed by atoms with Crippen LogP contribution in [0.1, 0.15) is 0 Å². The highest BCUT2D eigenvalue weighted by Gasteiger charge is 2.14. The van der Waals surface area contributed by atoms with Crippen molar-refractivity contribution in [3.05, 3.63) is 62.9 Å². The number of amides is 1. The van der Waals surface area contributed by atoms with Crippen LogP contribution >= 0.6 is 0 Å². The predicted octanol–water partition coefficient (Wildman–Crippen LogP) is 1.48. The molecular weight excluding hydrogens is 357 g/mol. The van der Waals surface area contributed by atoms with Crippen LogP contribution in [0.2, 0.25) is 0 Å². The molecular formula is C18H16FN3O5. The quantitative estimate of drug-likeness (QED) is 0.660. The smallest absolute Gasteiger partial charge is 0.317 e. The Morgan fingerprint density at radius 1 is 1.15 bits per heavy atom. The number of anilines is 1. The Balaban J connectivity index is 1.97. The van der Waals surface area contributed by atoms with E-state index < -0.39 is 29.4 Å². The number of aromatic nitrogens is 2. The number of fused-ring (bicyclic) bond motifs is 1. The fraction of sp³-hybridized carbons (Fsp3) is 0.167. The lowest BCUT2D eigenvalue weighted by Gasteiger charge is -2.13. The minimum Gasteiger partial charge on any atom is -0.497 e. The maximum atomic E-state index is 13.4. The highest BCUT2D eigenvalue weighted by atomic mass is 19.1. The summed E-state index contributed by atoms with van der Waals surface area (Å²) in [5, 5.41) is 2.62. The van der Waals surface area contributed by atoms with Crippen LogP contribution in [0.15, 0.2) is 46.0 Å². The van der Waals surface area contributed by atoms with Crippen LogP contribution in [-0.2, 0) is 11.3 Å².